The lowest BCUT2D eigenvalue weighted by Gasteiger charge is -1.91. The lowest BCUT2D eigenvalue weighted by Crippen LogP contribution is -1.92. The Bertz CT molecular complexity index is 141. The molecule has 0 spiro atoms. The van der Waals surface area contributed by atoms with Crippen LogP contribution in [0, 0.1) is 11.8 Å². The lowest BCUT2D eigenvalue weighted by atomic mass is 10.6. The standard InChI is InChI=1S/C9H14O2/c1-3-7-11-9-6-5-8-10-4-2/h3H,1,4,7-9H2,2H3. The van der Waals surface area contributed by atoms with Crippen molar-refractivity contribution in [1.82, 2.24) is 0 Å². The van der Waals surface area contributed by atoms with Gasteiger partial charge in [-0.15, -0.1) is 6.58 Å². The fourth-order valence-corrected chi connectivity index (χ4v) is 0.448. The zero-order valence-corrected chi connectivity index (χ0v) is 6.93. The monoisotopic (exact) mass is 154 g/mol. The Morgan fingerprint density at radius 1 is 1.27 bits per heavy atom. The summed E-state index contributed by atoms with van der Waals surface area (Å²) in [5, 5.41) is 0. The third-order valence-electron chi connectivity index (χ3n) is 0.913. The maximum absolute atomic E-state index is 5.02. The molecule has 0 saturated heterocycles. The fraction of sp³-hybridized carbons (Fsp3) is 0.556. The summed E-state index contributed by atoms with van der Waals surface area (Å²) < 4.78 is 10.0. The van der Waals surface area contributed by atoms with Gasteiger partial charge in [-0.05, 0) is 6.92 Å². The molecule has 11 heavy (non-hydrogen) atoms. The van der Waals surface area contributed by atoms with Crippen LogP contribution in [0.25, 0.3) is 0 Å². The van der Waals surface area contributed by atoms with Crippen LogP contribution in [0.1, 0.15) is 6.92 Å². The van der Waals surface area contributed by atoms with E-state index in [2.05, 4.69) is 18.4 Å². The molecule has 0 heterocycles. The van der Waals surface area contributed by atoms with Crippen LogP contribution in [-0.4, -0.2) is 26.4 Å². The van der Waals surface area contributed by atoms with E-state index in [-0.39, 0.29) is 0 Å². The summed E-state index contributed by atoms with van der Waals surface area (Å²) in [4.78, 5) is 0. The Kier molecular flexibility index (Phi) is 8.57. The Hall–Kier alpha value is -0.780. The number of rotatable bonds is 5. The van der Waals surface area contributed by atoms with E-state index in [9.17, 15) is 0 Å². The van der Waals surface area contributed by atoms with E-state index in [0.717, 1.165) is 0 Å². The molecule has 0 aromatic carbocycles. The van der Waals surface area contributed by atoms with E-state index >= 15 is 0 Å². The summed E-state index contributed by atoms with van der Waals surface area (Å²) in [5.74, 6) is 5.62. The van der Waals surface area contributed by atoms with E-state index < -0.39 is 0 Å². The maximum atomic E-state index is 5.02. The van der Waals surface area contributed by atoms with Gasteiger partial charge in [-0.1, -0.05) is 17.9 Å². The first-order chi connectivity index (χ1) is 5.41. The molecule has 0 aliphatic rings. The van der Waals surface area contributed by atoms with Crippen LogP contribution >= 0.6 is 0 Å². The summed E-state index contributed by atoms with van der Waals surface area (Å²) in [7, 11) is 0. The van der Waals surface area contributed by atoms with Gasteiger partial charge in [0, 0.05) is 6.61 Å². The highest BCUT2D eigenvalue weighted by Crippen LogP contribution is 1.73. The second-order valence-corrected chi connectivity index (χ2v) is 1.79. The van der Waals surface area contributed by atoms with Crippen molar-refractivity contribution in [2.45, 2.75) is 6.92 Å². The molecular weight excluding hydrogens is 140 g/mol. The highest BCUT2D eigenvalue weighted by molar-refractivity contribution is 4.99. The fourth-order valence-electron chi connectivity index (χ4n) is 0.448. The molecule has 0 aromatic rings. The summed E-state index contributed by atoms with van der Waals surface area (Å²) in [6.45, 7) is 7.67. The summed E-state index contributed by atoms with van der Waals surface area (Å²) in [5.41, 5.74) is 0. The van der Waals surface area contributed by atoms with Crippen molar-refractivity contribution < 1.29 is 9.47 Å². The molecule has 0 saturated carbocycles. The Morgan fingerprint density at radius 3 is 2.45 bits per heavy atom. The molecule has 0 amide bonds. The van der Waals surface area contributed by atoms with Gasteiger partial charge in [0.05, 0.1) is 6.61 Å². The molecule has 0 unspecified atom stereocenters. The molecule has 0 fully saturated rings. The van der Waals surface area contributed by atoms with E-state index in [1.807, 2.05) is 6.92 Å². The van der Waals surface area contributed by atoms with Gasteiger partial charge in [0.2, 0.25) is 0 Å². The minimum Gasteiger partial charge on any atom is -0.369 e. The third-order valence-corrected chi connectivity index (χ3v) is 0.913. The smallest absolute Gasteiger partial charge is 0.108 e. The SMILES string of the molecule is C=CCOCC#CCOCC. The normalized spacial score (nSPS) is 8.45. The minimum absolute atomic E-state index is 0.457. The zero-order valence-electron chi connectivity index (χ0n) is 6.93. The van der Waals surface area contributed by atoms with Crippen molar-refractivity contribution in [3.05, 3.63) is 12.7 Å². The molecule has 0 rings (SSSR count). The number of hydrogen-bond acceptors (Lipinski definition) is 2. The number of hydrogen-bond donors (Lipinski definition) is 0. The second-order valence-electron chi connectivity index (χ2n) is 1.79. The Labute approximate surface area is 68.2 Å². The van der Waals surface area contributed by atoms with Crippen molar-refractivity contribution in [2.75, 3.05) is 26.4 Å². The van der Waals surface area contributed by atoms with Crippen molar-refractivity contribution in [3.63, 3.8) is 0 Å². The van der Waals surface area contributed by atoms with Gasteiger partial charge >= 0.3 is 0 Å². The summed E-state index contributed by atoms with van der Waals surface area (Å²) >= 11 is 0. The topological polar surface area (TPSA) is 18.5 Å². The average molecular weight is 154 g/mol. The molecule has 0 atom stereocenters. The van der Waals surface area contributed by atoms with Gasteiger partial charge in [0.1, 0.15) is 13.2 Å². The highest BCUT2D eigenvalue weighted by Gasteiger charge is 1.76. The van der Waals surface area contributed by atoms with Crippen molar-refractivity contribution in [3.8, 4) is 11.8 Å². The van der Waals surface area contributed by atoms with Crippen LogP contribution in [0.2, 0.25) is 0 Å². The third kappa shape index (κ3) is 9.22. The summed E-state index contributed by atoms with van der Waals surface area (Å²) in [6.07, 6.45) is 1.70. The highest BCUT2D eigenvalue weighted by atomic mass is 16.5. The molecule has 62 valence electrons. The molecule has 0 aromatic heterocycles. The number of ether oxygens (including phenoxy) is 2. The van der Waals surface area contributed by atoms with Gasteiger partial charge in [-0.25, -0.2) is 0 Å². The van der Waals surface area contributed by atoms with Crippen molar-refractivity contribution in [1.29, 1.82) is 0 Å². The molecule has 0 bridgehead atoms. The molecule has 0 aliphatic carbocycles. The molecule has 0 N–H and O–H groups in total. The van der Waals surface area contributed by atoms with E-state index in [4.69, 9.17) is 9.47 Å². The van der Waals surface area contributed by atoms with E-state index in [1.165, 1.54) is 0 Å². The van der Waals surface area contributed by atoms with Crippen LogP contribution in [0.3, 0.4) is 0 Å². The van der Waals surface area contributed by atoms with Crippen LogP contribution in [0.5, 0.6) is 0 Å². The van der Waals surface area contributed by atoms with Gasteiger partial charge in [0.25, 0.3) is 0 Å². The van der Waals surface area contributed by atoms with Crippen LogP contribution in [-0.2, 0) is 9.47 Å². The Balaban J connectivity index is 3.05. The summed E-state index contributed by atoms with van der Waals surface area (Å²) in [6, 6.07) is 0. The maximum Gasteiger partial charge on any atom is 0.108 e. The largest absolute Gasteiger partial charge is 0.369 e. The predicted octanol–water partition coefficient (Wildman–Crippen LogP) is 1.23. The predicted molar refractivity (Wildman–Crippen MR) is 45.3 cm³/mol. The van der Waals surface area contributed by atoms with Gasteiger partial charge < -0.3 is 9.47 Å². The van der Waals surface area contributed by atoms with Crippen LogP contribution in [0.4, 0.5) is 0 Å². The average Bonchev–Trinajstić information content (AvgIpc) is 2.03. The van der Waals surface area contributed by atoms with E-state index in [1.54, 1.807) is 6.08 Å². The van der Waals surface area contributed by atoms with E-state index in [0.29, 0.717) is 26.4 Å². The van der Waals surface area contributed by atoms with Gasteiger partial charge in [0.15, 0.2) is 0 Å². The minimum atomic E-state index is 0.457. The molecule has 2 nitrogen and oxygen atoms in total. The first-order valence-corrected chi connectivity index (χ1v) is 3.64. The first kappa shape index (κ1) is 10.2. The van der Waals surface area contributed by atoms with Crippen molar-refractivity contribution >= 4 is 0 Å². The molecular formula is C9H14O2. The molecule has 2 heteroatoms. The van der Waals surface area contributed by atoms with Gasteiger partial charge in [-0.3, -0.25) is 0 Å². The zero-order chi connectivity index (χ0) is 8.36. The van der Waals surface area contributed by atoms with Gasteiger partial charge in [-0.2, -0.15) is 0 Å². The van der Waals surface area contributed by atoms with Crippen LogP contribution in [0.15, 0.2) is 12.7 Å². The second kappa shape index (κ2) is 9.22. The van der Waals surface area contributed by atoms with Crippen LogP contribution < -0.4 is 0 Å². The Morgan fingerprint density at radius 2 is 1.91 bits per heavy atom. The van der Waals surface area contributed by atoms with Crippen molar-refractivity contribution in [2.24, 2.45) is 0 Å². The first-order valence-electron chi connectivity index (χ1n) is 3.64. The quantitative estimate of drug-likeness (QED) is 0.337. The lowest BCUT2D eigenvalue weighted by molar-refractivity contribution is 0.181. The molecule has 0 aliphatic heterocycles. The molecule has 0 radical (unpaired) electrons.